The lowest BCUT2D eigenvalue weighted by Crippen LogP contribution is -2.10. The van der Waals surface area contributed by atoms with E-state index in [0.717, 1.165) is 33.6 Å². The quantitative estimate of drug-likeness (QED) is 0.141. The van der Waals surface area contributed by atoms with Gasteiger partial charge in [0.25, 0.3) is 0 Å². The van der Waals surface area contributed by atoms with Gasteiger partial charge in [0.05, 0.1) is 0 Å². The van der Waals surface area contributed by atoms with Gasteiger partial charge in [0.1, 0.15) is 0 Å². The van der Waals surface area contributed by atoms with E-state index in [4.69, 9.17) is 23.2 Å². The summed E-state index contributed by atoms with van der Waals surface area (Å²) >= 11 is 12.5. The van der Waals surface area contributed by atoms with Gasteiger partial charge in [-0.15, -0.1) is 0 Å². The van der Waals surface area contributed by atoms with E-state index in [9.17, 15) is 0 Å². The Bertz CT molecular complexity index is 1910. The lowest BCUT2D eigenvalue weighted by molar-refractivity contribution is 1.28. The number of allylic oxidation sites excluding steroid dienone is 2. The standard InChI is InChI=1S/C44H35Cl2N/c1-32-11-17-35(18-12-32)43(36-19-13-33(2)14-20-36)10-6-7-34-15-29-42(30-16-34)47(41-8-4-3-5-9-41)31-44(37-21-25-39(45)26-22-37)38-23-27-40(46)28-24-38/h3-31H,1-2H3/b7-6+. The van der Waals surface area contributed by atoms with Crippen LogP contribution in [0.2, 0.25) is 10.0 Å². The molecule has 0 atom stereocenters. The minimum Gasteiger partial charge on any atom is -0.317 e. The second kappa shape index (κ2) is 15.0. The summed E-state index contributed by atoms with van der Waals surface area (Å²) in [7, 11) is 0. The number of hydrogen-bond donors (Lipinski definition) is 0. The number of nitrogens with zero attached hydrogens (tertiary/aromatic N) is 1. The van der Waals surface area contributed by atoms with Crippen LogP contribution < -0.4 is 4.90 Å². The predicted octanol–water partition coefficient (Wildman–Crippen LogP) is 13.0. The van der Waals surface area contributed by atoms with Crippen molar-refractivity contribution >= 4 is 51.8 Å². The molecule has 0 bridgehead atoms. The summed E-state index contributed by atoms with van der Waals surface area (Å²) in [4.78, 5) is 2.22. The maximum absolute atomic E-state index is 6.27. The van der Waals surface area contributed by atoms with Crippen molar-refractivity contribution in [1.29, 1.82) is 0 Å². The Morgan fingerprint density at radius 3 is 1.38 bits per heavy atom. The minimum absolute atomic E-state index is 0.701. The smallest absolute Gasteiger partial charge is 0.0456 e. The highest BCUT2D eigenvalue weighted by molar-refractivity contribution is 6.31. The number of aryl methyl sites for hydroxylation is 2. The molecule has 0 spiro atoms. The lowest BCUT2D eigenvalue weighted by atomic mass is 9.96. The molecule has 0 amide bonds. The largest absolute Gasteiger partial charge is 0.317 e. The summed E-state index contributed by atoms with van der Waals surface area (Å²) in [6.45, 7) is 4.24. The number of halogens is 2. The number of para-hydroxylation sites is 1. The fourth-order valence-electron chi connectivity index (χ4n) is 5.42. The summed E-state index contributed by atoms with van der Waals surface area (Å²) in [5.74, 6) is 0. The first-order valence-corrected chi connectivity index (χ1v) is 16.4. The Morgan fingerprint density at radius 2 is 0.894 bits per heavy atom. The van der Waals surface area contributed by atoms with Crippen molar-refractivity contribution in [2.45, 2.75) is 13.8 Å². The van der Waals surface area contributed by atoms with Gasteiger partial charge in [0.2, 0.25) is 0 Å². The van der Waals surface area contributed by atoms with Gasteiger partial charge in [0, 0.05) is 33.2 Å². The monoisotopic (exact) mass is 647 g/mol. The summed E-state index contributed by atoms with van der Waals surface area (Å²) in [5, 5.41) is 1.40. The van der Waals surface area contributed by atoms with Crippen LogP contribution in [0, 0.1) is 13.8 Å². The van der Waals surface area contributed by atoms with Gasteiger partial charge in [-0.1, -0.05) is 156 Å². The maximum Gasteiger partial charge on any atom is 0.0456 e. The van der Waals surface area contributed by atoms with Crippen LogP contribution >= 0.6 is 23.2 Å². The van der Waals surface area contributed by atoms with Gasteiger partial charge in [-0.2, -0.15) is 0 Å². The zero-order valence-electron chi connectivity index (χ0n) is 26.4. The van der Waals surface area contributed by atoms with E-state index in [1.807, 2.05) is 30.3 Å². The Labute approximate surface area is 288 Å². The van der Waals surface area contributed by atoms with Gasteiger partial charge >= 0.3 is 0 Å². The third-order valence-electron chi connectivity index (χ3n) is 8.05. The average molecular weight is 649 g/mol. The molecule has 0 heterocycles. The van der Waals surface area contributed by atoms with Crippen molar-refractivity contribution in [3.05, 3.63) is 219 Å². The van der Waals surface area contributed by atoms with E-state index in [1.54, 1.807) is 0 Å². The van der Waals surface area contributed by atoms with Crippen LogP contribution in [0.3, 0.4) is 0 Å². The molecule has 6 aromatic rings. The van der Waals surface area contributed by atoms with E-state index in [1.165, 1.54) is 27.8 Å². The van der Waals surface area contributed by atoms with E-state index in [2.05, 4.69) is 165 Å². The summed E-state index contributed by atoms with van der Waals surface area (Å²) < 4.78 is 0. The van der Waals surface area contributed by atoms with Crippen LogP contribution in [0.4, 0.5) is 11.4 Å². The highest BCUT2D eigenvalue weighted by Crippen LogP contribution is 2.33. The van der Waals surface area contributed by atoms with Crippen LogP contribution in [0.25, 0.3) is 17.2 Å². The van der Waals surface area contributed by atoms with Crippen molar-refractivity contribution in [3.63, 3.8) is 0 Å². The predicted molar refractivity (Wildman–Crippen MR) is 203 cm³/mol. The molecule has 0 aliphatic carbocycles. The average Bonchev–Trinajstić information content (AvgIpc) is 3.10. The number of rotatable bonds is 9. The Morgan fingerprint density at radius 1 is 0.468 bits per heavy atom. The van der Waals surface area contributed by atoms with Crippen LogP contribution in [0.15, 0.2) is 170 Å². The number of anilines is 2. The lowest BCUT2D eigenvalue weighted by Gasteiger charge is -2.23. The van der Waals surface area contributed by atoms with Crippen LogP contribution in [-0.2, 0) is 0 Å². The Hall–Kier alpha value is -5.08. The number of benzene rings is 6. The second-order valence-corrected chi connectivity index (χ2v) is 12.4. The zero-order valence-corrected chi connectivity index (χ0v) is 28.0. The second-order valence-electron chi connectivity index (χ2n) is 11.5. The molecule has 0 saturated heterocycles. The van der Waals surface area contributed by atoms with Crippen LogP contribution in [-0.4, -0.2) is 0 Å². The van der Waals surface area contributed by atoms with Crippen molar-refractivity contribution in [1.82, 2.24) is 0 Å². The summed E-state index contributed by atoms with van der Waals surface area (Å²) in [5.41, 5.74) is 12.5. The first-order chi connectivity index (χ1) is 22.9. The molecule has 0 radical (unpaired) electrons. The first kappa shape index (κ1) is 31.9. The molecule has 6 rings (SSSR count). The van der Waals surface area contributed by atoms with Gasteiger partial charge in [0.15, 0.2) is 0 Å². The molecule has 0 saturated carbocycles. The Balaban J connectivity index is 1.35. The molecule has 6 aromatic carbocycles. The highest BCUT2D eigenvalue weighted by Gasteiger charge is 2.13. The summed E-state index contributed by atoms with van der Waals surface area (Å²) in [6, 6.07) is 52.4. The van der Waals surface area contributed by atoms with Gasteiger partial charge in [-0.25, -0.2) is 0 Å². The molecule has 0 aliphatic heterocycles. The molecular formula is C44H35Cl2N. The number of hydrogen-bond acceptors (Lipinski definition) is 1. The van der Waals surface area contributed by atoms with Gasteiger partial charge in [-0.05, 0) is 95.8 Å². The van der Waals surface area contributed by atoms with Crippen molar-refractivity contribution < 1.29 is 0 Å². The molecule has 0 fully saturated rings. The van der Waals surface area contributed by atoms with Gasteiger partial charge < -0.3 is 4.90 Å². The molecular weight excluding hydrogens is 613 g/mol. The fourth-order valence-corrected chi connectivity index (χ4v) is 5.67. The highest BCUT2D eigenvalue weighted by atomic mass is 35.5. The van der Waals surface area contributed by atoms with E-state index in [0.29, 0.717) is 10.0 Å². The minimum atomic E-state index is 0.701. The normalized spacial score (nSPS) is 10.9. The summed E-state index contributed by atoms with van der Waals surface area (Å²) in [6.07, 6.45) is 8.68. The van der Waals surface area contributed by atoms with E-state index in [-0.39, 0.29) is 0 Å². The first-order valence-electron chi connectivity index (χ1n) is 15.6. The topological polar surface area (TPSA) is 3.24 Å². The molecule has 0 aliphatic rings. The molecule has 3 heteroatoms. The van der Waals surface area contributed by atoms with E-state index >= 15 is 0 Å². The van der Waals surface area contributed by atoms with Gasteiger partial charge in [-0.3, -0.25) is 0 Å². The van der Waals surface area contributed by atoms with Crippen molar-refractivity contribution in [3.8, 4) is 0 Å². The van der Waals surface area contributed by atoms with Crippen LogP contribution in [0.1, 0.15) is 38.9 Å². The van der Waals surface area contributed by atoms with Crippen molar-refractivity contribution in [2.24, 2.45) is 0 Å². The molecule has 0 N–H and O–H groups in total. The molecule has 47 heavy (non-hydrogen) atoms. The molecule has 0 aromatic heterocycles. The SMILES string of the molecule is Cc1ccc(C(=C/C=C/c2ccc(N(C=C(c3ccc(Cl)cc3)c3ccc(Cl)cc3)c3ccccc3)cc2)c2ccc(C)cc2)cc1. The van der Waals surface area contributed by atoms with E-state index < -0.39 is 0 Å². The molecule has 0 unspecified atom stereocenters. The van der Waals surface area contributed by atoms with Crippen LogP contribution in [0.5, 0.6) is 0 Å². The Kier molecular flexibility index (Phi) is 10.2. The van der Waals surface area contributed by atoms with Crippen molar-refractivity contribution in [2.75, 3.05) is 4.90 Å². The molecule has 230 valence electrons. The third-order valence-corrected chi connectivity index (χ3v) is 8.55. The zero-order chi connectivity index (χ0) is 32.6. The third kappa shape index (κ3) is 8.20. The fraction of sp³-hybridized carbons (Fsp3) is 0.0455. The molecule has 1 nitrogen and oxygen atoms in total. The maximum atomic E-state index is 6.27.